The number of hydrogen-bond acceptors (Lipinski definition) is 2. The molecule has 0 radical (unpaired) electrons. The Morgan fingerprint density at radius 3 is 1.95 bits per heavy atom. The molecule has 0 saturated carbocycles. The zero-order valence-electron chi connectivity index (χ0n) is 13.3. The molecule has 0 N–H and O–H groups in total. The van der Waals surface area contributed by atoms with Gasteiger partial charge in [-0.3, -0.25) is 0 Å². The molecule has 0 unspecified atom stereocenters. The van der Waals surface area contributed by atoms with Crippen LogP contribution in [0.1, 0.15) is 26.3 Å². The number of rotatable bonds is 6. The lowest BCUT2D eigenvalue weighted by atomic mass is 10.1. The summed E-state index contributed by atoms with van der Waals surface area (Å²) >= 11 is 0. The maximum atomic E-state index is 11.5. The molecule has 0 atom stereocenters. The second kappa shape index (κ2) is 7.29. The Balaban J connectivity index is 2.74. The fourth-order valence-corrected chi connectivity index (χ4v) is 2.25. The molecule has 0 bridgehead atoms. The number of nitrogens with zero attached hydrogens (tertiary/aromatic N) is 2. The molecule has 0 aliphatic rings. The Morgan fingerprint density at radius 2 is 1.55 bits per heavy atom. The van der Waals surface area contributed by atoms with E-state index >= 15 is 0 Å². The number of quaternary nitrogens is 1. The van der Waals surface area contributed by atoms with Gasteiger partial charge in [0.05, 0.1) is 19.6 Å². The maximum absolute atomic E-state index is 11.5. The average Bonchev–Trinajstić information content (AvgIpc) is 2.46. The molecule has 1 amide bonds. The Kier molecular flexibility index (Phi) is 6.02. The van der Waals surface area contributed by atoms with Crippen LogP contribution in [0.25, 0.3) is 0 Å². The second-order valence-corrected chi connectivity index (χ2v) is 5.35. The van der Waals surface area contributed by atoms with Crippen molar-refractivity contribution < 1.29 is 14.0 Å². The van der Waals surface area contributed by atoms with E-state index in [0.717, 1.165) is 30.7 Å². The van der Waals surface area contributed by atoms with Gasteiger partial charge in [0.15, 0.2) is 0 Å². The summed E-state index contributed by atoms with van der Waals surface area (Å²) in [5, 5.41) is 0. The first-order valence-electron chi connectivity index (χ1n) is 7.29. The summed E-state index contributed by atoms with van der Waals surface area (Å²) in [4.78, 5) is 12.9. The zero-order valence-corrected chi connectivity index (χ0v) is 13.3. The molecule has 1 aromatic carbocycles. The molecule has 0 aromatic heterocycles. The highest BCUT2D eigenvalue weighted by Gasteiger charge is 2.21. The van der Waals surface area contributed by atoms with E-state index in [4.69, 9.17) is 4.74 Å². The number of ether oxygens (including phenoxy) is 1. The molecule has 4 nitrogen and oxygen atoms in total. The lowest BCUT2D eigenvalue weighted by molar-refractivity contribution is -0.936. The summed E-state index contributed by atoms with van der Waals surface area (Å²) in [7, 11) is 3.35. The fourth-order valence-electron chi connectivity index (χ4n) is 2.25. The van der Waals surface area contributed by atoms with Crippen LogP contribution in [0.15, 0.2) is 24.3 Å². The molecule has 0 fully saturated rings. The van der Waals surface area contributed by atoms with Crippen LogP contribution in [0.2, 0.25) is 0 Å². The van der Waals surface area contributed by atoms with Crippen LogP contribution >= 0.6 is 0 Å². The lowest BCUT2D eigenvalue weighted by Gasteiger charge is -2.35. The van der Waals surface area contributed by atoms with Crippen molar-refractivity contribution in [2.75, 3.05) is 33.7 Å². The van der Waals surface area contributed by atoms with Crippen molar-refractivity contribution in [3.8, 4) is 5.75 Å². The van der Waals surface area contributed by atoms with Crippen LogP contribution < -0.4 is 4.74 Å². The van der Waals surface area contributed by atoms with Crippen molar-refractivity contribution in [2.24, 2.45) is 0 Å². The Labute approximate surface area is 122 Å². The molecule has 0 aliphatic carbocycles. The van der Waals surface area contributed by atoms with E-state index in [2.05, 4.69) is 20.8 Å². The molecular weight excluding hydrogens is 252 g/mol. The molecule has 112 valence electrons. The summed E-state index contributed by atoms with van der Waals surface area (Å²) in [6, 6.07) is 7.83. The van der Waals surface area contributed by atoms with Crippen molar-refractivity contribution in [3.63, 3.8) is 0 Å². The molecule has 1 aromatic rings. The minimum absolute atomic E-state index is 0.349. The largest absolute Gasteiger partial charge is 0.414 e. The molecule has 4 heteroatoms. The zero-order chi connectivity index (χ0) is 15.2. The van der Waals surface area contributed by atoms with Crippen molar-refractivity contribution in [2.45, 2.75) is 27.3 Å². The predicted octanol–water partition coefficient (Wildman–Crippen LogP) is 3.12. The van der Waals surface area contributed by atoms with Crippen LogP contribution in [0.5, 0.6) is 5.75 Å². The third kappa shape index (κ3) is 4.23. The Morgan fingerprint density at radius 1 is 1.05 bits per heavy atom. The van der Waals surface area contributed by atoms with Crippen LogP contribution in [0, 0.1) is 0 Å². The van der Waals surface area contributed by atoms with E-state index in [1.165, 1.54) is 10.5 Å². The van der Waals surface area contributed by atoms with Gasteiger partial charge in [0.25, 0.3) is 0 Å². The highest BCUT2D eigenvalue weighted by atomic mass is 16.6. The van der Waals surface area contributed by atoms with Gasteiger partial charge >= 0.3 is 6.09 Å². The molecule has 0 spiro atoms. The highest BCUT2D eigenvalue weighted by Crippen LogP contribution is 2.18. The number of carbonyl (C=O) groups excluding carboxylic acids is 1. The van der Waals surface area contributed by atoms with E-state index in [1.807, 2.05) is 24.3 Å². The molecular formula is C16H27N2O2+. The molecule has 1 rings (SSSR count). The Bertz CT molecular complexity index is 414. The minimum Gasteiger partial charge on any atom is -0.410 e. The minimum atomic E-state index is -0.349. The van der Waals surface area contributed by atoms with Gasteiger partial charge < -0.3 is 14.1 Å². The average molecular weight is 279 g/mol. The smallest absolute Gasteiger partial charge is 0.410 e. The van der Waals surface area contributed by atoms with Gasteiger partial charge in [0.1, 0.15) is 12.3 Å². The standard InChI is InChI=1S/C16H27N2O2/c1-6-18(7-2,8-3)13-14-9-11-15(12-10-14)20-16(19)17(4)5/h9-12H,6-8,13H2,1-5H3/q+1. The van der Waals surface area contributed by atoms with Gasteiger partial charge in [0.2, 0.25) is 0 Å². The van der Waals surface area contributed by atoms with Gasteiger partial charge in [-0.15, -0.1) is 0 Å². The molecule has 0 heterocycles. The first kappa shape index (κ1) is 16.5. The van der Waals surface area contributed by atoms with Crippen molar-refractivity contribution >= 4 is 6.09 Å². The number of benzene rings is 1. The first-order chi connectivity index (χ1) is 9.46. The first-order valence-corrected chi connectivity index (χ1v) is 7.29. The monoisotopic (exact) mass is 279 g/mol. The van der Waals surface area contributed by atoms with Crippen LogP contribution in [0.4, 0.5) is 4.79 Å². The van der Waals surface area contributed by atoms with Gasteiger partial charge in [-0.25, -0.2) is 4.79 Å². The SMILES string of the molecule is CC[N+](CC)(CC)Cc1ccc(OC(=O)N(C)C)cc1. The van der Waals surface area contributed by atoms with Gasteiger partial charge in [0, 0.05) is 19.7 Å². The predicted molar refractivity (Wildman–Crippen MR) is 81.7 cm³/mol. The summed E-state index contributed by atoms with van der Waals surface area (Å²) in [6.45, 7) is 11.1. The Hall–Kier alpha value is -1.55. The van der Waals surface area contributed by atoms with E-state index in [1.54, 1.807) is 14.1 Å². The summed E-state index contributed by atoms with van der Waals surface area (Å²) in [5.41, 5.74) is 1.28. The maximum Gasteiger partial charge on any atom is 0.414 e. The topological polar surface area (TPSA) is 29.5 Å². The van der Waals surface area contributed by atoms with E-state index < -0.39 is 0 Å². The highest BCUT2D eigenvalue weighted by molar-refractivity contribution is 5.69. The van der Waals surface area contributed by atoms with Crippen molar-refractivity contribution in [1.29, 1.82) is 0 Å². The van der Waals surface area contributed by atoms with Gasteiger partial charge in [-0.2, -0.15) is 0 Å². The normalized spacial score (nSPS) is 11.2. The second-order valence-electron chi connectivity index (χ2n) is 5.35. The summed E-state index contributed by atoms with van der Waals surface area (Å²) in [5.74, 6) is 0.593. The lowest BCUT2D eigenvalue weighted by Crippen LogP contribution is -2.46. The van der Waals surface area contributed by atoms with Crippen molar-refractivity contribution in [1.82, 2.24) is 4.90 Å². The molecule has 0 aliphatic heterocycles. The van der Waals surface area contributed by atoms with E-state index in [9.17, 15) is 4.79 Å². The van der Waals surface area contributed by atoms with Crippen LogP contribution in [-0.2, 0) is 6.54 Å². The van der Waals surface area contributed by atoms with E-state index in [0.29, 0.717) is 5.75 Å². The van der Waals surface area contributed by atoms with Crippen LogP contribution in [0.3, 0.4) is 0 Å². The summed E-state index contributed by atoms with van der Waals surface area (Å²) < 4.78 is 6.30. The number of amides is 1. The number of hydrogen-bond donors (Lipinski definition) is 0. The van der Waals surface area contributed by atoms with E-state index in [-0.39, 0.29) is 6.09 Å². The van der Waals surface area contributed by atoms with Gasteiger partial charge in [-0.1, -0.05) is 0 Å². The third-order valence-electron chi connectivity index (χ3n) is 4.02. The molecule has 20 heavy (non-hydrogen) atoms. The fraction of sp³-hybridized carbons (Fsp3) is 0.562. The van der Waals surface area contributed by atoms with Gasteiger partial charge in [-0.05, 0) is 45.0 Å². The summed E-state index contributed by atoms with van der Waals surface area (Å²) in [6.07, 6.45) is -0.349. The quantitative estimate of drug-likeness (QED) is 0.749. The van der Waals surface area contributed by atoms with Crippen molar-refractivity contribution in [3.05, 3.63) is 29.8 Å². The number of carbonyl (C=O) groups is 1. The van der Waals surface area contributed by atoms with Crippen LogP contribution in [-0.4, -0.2) is 49.2 Å². The molecule has 0 saturated heterocycles. The third-order valence-corrected chi connectivity index (χ3v) is 4.02.